The van der Waals surface area contributed by atoms with Crippen molar-refractivity contribution in [3.63, 3.8) is 0 Å². The van der Waals surface area contributed by atoms with Crippen molar-refractivity contribution in [3.8, 4) is 0 Å². The van der Waals surface area contributed by atoms with E-state index in [4.69, 9.17) is 17.2 Å². The van der Waals surface area contributed by atoms with Gasteiger partial charge in [0.05, 0.1) is 12.5 Å². The molecular formula is C19H36N6O6. The number of amides is 4. The molecule has 31 heavy (non-hydrogen) atoms. The first-order valence-electron chi connectivity index (χ1n) is 10.3. The molecule has 0 aromatic carbocycles. The average Bonchev–Trinajstić information content (AvgIpc) is 2.70. The van der Waals surface area contributed by atoms with Gasteiger partial charge in [-0.15, -0.1) is 0 Å². The number of nitrogens with two attached hydrogens (primary N) is 3. The second-order valence-electron chi connectivity index (χ2n) is 7.56. The molecule has 0 aliphatic carbocycles. The lowest BCUT2D eigenvalue weighted by Crippen LogP contribution is -2.57. The molecule has 0 aliphatic heterocycles. The molecule has 12 nitrogen and oxygen atoms in total. The molecule has 178 valence electrons. The maximum Gasteiger partial charge on any atom is 0.326 e. The molecule has 12 heteroatoms. The van der Waals surface area contributed by atoms with Gasteiger partial charge in [-0.05, 0) is 38.6 Å². The molecule has 0 saturated carbocycles. The van der Waals surface area contributed by atoms with Gasteiger partial charge in [-0.3, -0.25) is 19.2 Å². The number of carbonyl (C=O) groups excluding carboxylic acids is 4. The van der Waals surface area contributed by atoms with Gasteiger partial charge >= 0.3 is 5.97 Å². The Balaban J connectivity index is 5.06. The molecule has 0 heterocycles. The first kappa shape index (κ1) is 28.3. The summed E-state index contributed by atoms with van der Waals surface area (Å²) in [5, 5.41) is 16.3. The molecule has 4 amide bonds. The number of hydrogen-bond donors (Lipinski definition) is 7. The fourth-order valence-corrected chi connectivity index (χ4v) is 2.62. The van der Waals surface area contributed by atoms with Crippen molar-refractivity contribution in [1.82, 2.24) is 16.0 Å². The van der Waals surface area contributed by atoms with Gasteiger partial charge in [-0.1, -0.05) is 20.3 Å². The fraction of sp³-hybridized carbons (Fsp3) is 0.737. The van der Waals surface area contributed by atoms with E-state index in [0.717, 1.165) is 0 Å². The average molecular weight is 445 g/mol. The Morgan fingerprint density at radius 3 is 1.97 bits per heavy atom. The Hall–Kier alpha value is -2.73. The Labute approximate surface area is 182 Å². The molecule has 0 rings (SSSR count). The smallest absolute Gasteiger partial charge is 0.326 e. The number of carbonyl (C=O) groups is 5. The molecule has 0 bridgehead atoms. The number of hydrogen-bond acceptors (Lipinski definition) is 7. The van der Waals surface area contributed by atoms with Gasteiger partial charge in [-0.25, -0.2) is 4.79 Å². The van der Waals surface area contributed by atoms with E-state index in [1.165, 1.54) is 6.92 Å². The number of carboxylic acids is 1. The van der Waals surface area contributed by atoms with E-state index in [2.05, 4.69) is 16.0 Å². The molecule has 5 unspecified atom stereocenters. The van der Waals surface area contributed by atoms with Crippen LogP contribution in [0.25, 0.3) is 0 Å². The number of nitrogens with one attached hydrogen (secondary N) is 3. The van der Waals surface area contributed by atoms with E-state index in [1.54, 1.807) is 6.92 Å². The highest BCUT2D eigenvalue weighted by Gasteiger charge is 2.30. The Morgan fingerprint density at radius 1 is 0.903 bits per heavy atom. The van der Waals surface area contributed by atoms with Crippen LogP contribution in [0.2, 0.25) is 0 Å². The van der Waals surface area contributed by atoms with Crippen LogP contribution in [0.3, 0.4) is 0 Å². The number of unbranched alkanes of at least 4 members (excludes halogenated alkanes) is 1. The second kappa shape index (κ2) is 14.3. The van der Waals surface area contributed by atoms with Gasteiger partial charge in [0.1, 0.15) is 18.1 Å². The zero-order valence-electron chi connectivity index (χ0n) is 18.3. The molecule has 0 aliphatic rings. The van der Waals surface area contributed by atoms with Crippen LogP contribution in [-0.4, -0.2) is 65.4 Å². The van der Waals surface area contributed by atoms with Crippen LogP contribution in [0.15, 0.2) is 0 Å². The van der Waals surface area contributed by atoms with Crippen molar-refractivity contribution >= 4 is 29.6 Å². The second-order valence-corrected chi connectivity index (χ2v) is 7.56. The van der Waals surface area contributed by atoms with Crippen LogP contribution < -0.4 is 33.2 Å². The van der Waals surface area contributed by atoms with Crippen molar-refractivity contribution < 1.29 is 29.1 Å². The topological polar surface area (TPSA) is 220 Å². The summed E-state index contributed by atoms with van der Waals surface area (Å²) in [6, 6.07) is -4.47. The highest BCUT2D eigenvalue weighted by molar-refractivity contribution is 5.96. The summed E-state index contributed by atoms with van der Waals surface area (Å²) >= 11 is 0. The molecule has 0 radical (unpaired) electrons. The van der Waals surface area contributed by atoms with Gasteiger partial charge in [0.25, 0.3) is 0 Å². The van der Waals surface area contributed by atoms with Gasteiger partial charge in [0.2, 0.25) is 23.6 Å². The molecule has 0 saturated heterocycles. The van der Waals surface area contributed by atoms with Gasteiger partial charge in [0, 0.05) is 0 Å². The van der Waals surface area contributed by atoms with E-state index in [1.807, 2.05) is 6.92 Å². The normalized spacial score (nSPS) is 15.6. The zero-order chi connectivity index (χ0) is 24.1. The van der Waals surface area contributed by atoms with E-state index in [-0.39, 0.29) is 12.3 Å². The largest absolute Gasteiger partial charge is 0.480 e. The van der Waals surface area contributed by atoms with Crippen molar-refractivity contribution in [3.05, 3.63) is 0 Å². The molecule has 0 aromatic heterocycles. The third-order valence-electron chi connectivity index (χ3n) is 4.91. The lowest BCUT2D eigenvalue weighted by atomic mass is 9.99. The summed E-state index contributed by atoms with van der Waals surface area (Å²) in [6.07, 6.45) is 1.45. The quantitative estimate of drug-likeness (QED) is 0.139. The Morgan fingerprint density at radius 2 is 1.48 bits per heavy atom. The molecule has 0 aromatic rings. The molecule has 0 fully saturated rings. The highest BCUT2D eigenvalue weighted by Crippen LogP contribution is 2.06. The highest BCUT2D eigenvalue weighted by atomic mass is 16.4. The predicted octanol–water partition coefficient (Wildman–Crippen LogP) is -2.08. The predicted molar refractivity (Wildman–Crippen MR) is 113 cm³/mol. The third-order valence-corrected chi connectivity index (χ3v) is 4.91. The molecular weight excluding hydrogens is 408 g/mol. The summed E-state index contributed by atoms with van der Waals surface area (Å²) in [7, 11) is 0. The third kappa shape index (κ3) is 10.7. The summed E-state index contributed by atoms with van der Waals surface area (Å²) in [5.74, 6) is -4.37. The maximum atomic E-state index is 12.5. The van der Waals surface area contributed by atoms with Crippen LogP contribution in [0.5, 0.6) is 0 Å². The Kier molecular flexibility index (Phi) is 13.0. The maximum absolute atomic E-state index is 12.5. The van der Waals surface area contributed by atoms with Gasteiger partial charge in [0.15, 0.2) is 0 Å². The monoisotopic (exact) mass is 444 g/mol. The van der Waals surface area contributed by atoms with Crippen LogP contribution in [0, 0.1) is 5.92 Å². The molecule has 5 atom stereocenters. The van der Waals surface area contributed by atoms with Gasteiger partial charge < -0.3 is 38.3 Å². The van der Waals surface area contributed by atoms with E-state index in [9.17, 15) is 29.1 Å². The summed E-state index contributed by atoms with van der Waals surface area (Å²) in [5.41, 5.74) is 16.4. The number of carboxylic acid groups (broad SMARTS) is 1. The minimum absolute atomic E-state index is 0.158. The van der Waals surface area contributed by atoms with Crippen LogP contribution in [-0.2, 0) is 24.0 Å². The van der Waals surface area contributed by atoms with Crippen LogP contribution in [0.1, 0.15) is 52.9 Å². The first-order chi connectivity index (χ1) is 14.4. The van der Waals surface area contributed by atoms with Crippen molar-refractivity contribution in [1.29, 1.82) is 0 Å². The lowest BCUT2D eigenvalue weighted by molar-refractivity contribution is -0.142. The summed E-state index contributed by atoms with van der Waals surface area (Å²) in [6.45, 7) is 5.37. The standard InChI is InChI=1S/C19H36N6O6/c1-4-10(2)15(22)18(29)25-13(9-14(21)26)17(28)23-11(3)16(27)24-12(19(30)31)7-5-6-8-20/h10-13,15H,4-9,20,22H2,1-3H3,(H2,21,26)(H,23,28)(H,24,27)(H,25,29)(H,30,31). The first-order valence-corrected chi connectivity index (χ1v) is 10.3. The number of primary amides is 1. The summed E-state index contributed by atoms with van der Waals surface area (Å²) in [4.78, 5) is 59.8. The molecule has 10 N–H and O–H groups in total. The minimum Gasteiger partial charge on any atom is -0.480 e. The molecule has 0 spiro atoms. The zero-order valence-corrected chi connectivity index (χ0v) is 18.3. The van der Waals surface area contributed by atoms with Crippen molar-refractivity contribution in [2.45, 2.75) is 77.0 Å². The summed E-state index contributed by atoms with van der Waals surface area (Å²) < 4.78 is 0. The van der Waals surface area contributed by atoms with Crippen molar-refractivity contribution in [2.75, 3.05) is 6.54 Å². The number of rotatable bonds is 15. The lowest BCUT2D eigenvalue weighted by Gasteiger charge is -2.24. The van der Waals surface area contributed by atoms with E-state index in [0.29, 0.717) is 25.8 Å². The van der Waals surface area contributed by atoms with Crippen molar-refractivity contribution in [2.24, 2.45) is 23.1 Å². The minimum atomic E-state index is -1.32. The van der Waals surface area contributed by atoms with Crippen LogP contribution in [0.4, 0.5) is 0 Å². The van der Waals surface area contributed by atoms with Crippen LogP contribution >= 0.6 is 0 Å². The Bertz CT molecular complexity index is 643. The fourth-order valence-electron chi connectivity index (χ4n) is 2.62. The SMILES string of the molecule is CCC(C)C(N)C(=O)NC(CC(N)=O)C(=O)NC(C)C(=O)NC(CCCCN)C(=O)O. The van der Waals surface area contributed by atoms with E-state index >= 15 is 0 Å². The van der Waals surface area contributed by atoms with E-state index < -0.39 is 60.2 Å². The van der Waals surface area contributed by atoms with Gasteiger partial charge in [-0.2, -0.15) is 0 Å². The number of aliphatic carboxylic acids is 1.